The van der Waals surface area contributed by atoms with Gasteiger partial charge in [-0.2, -0.15) is 0 Å². The first-order valence-electron chi connectivity index (χ1n) is 9.15. The number of hydrogen-bond donors (Lipinski definition) is 0. The standard InChI is InChI=1S/C13H10O.C12H10/c1-2-4-9-8(3-1)7-11-10(9)5-6-12-13(11)14-12;1-3-7-11(8-4-1)12-9-5-2-6-10-12/h1-6,12-13H,7H2;1-10H. The maximum atomic E-state index is 5.58. The maximum absolute atomic E-state index is 5.58. The van der Waals surface area contributed by atoms with E-state index in [4.69, 9.17) is 4.74 Å². The van der Waals surface area contributed by atoms with Crippen LogP contribution in [0.5, 0.6) is 0 Å². The van der Waals surface area contributed by atoms with Crippen molar-refractivity contribution in [2.75, 3.05) is 0 Å². The highest BCUT2D eigenvalue weighted by Gasteiger charge is 2.44. The minimum absolute atomic E-state index is 0.392. The average molecular weight is 336 g/mol. The molecule has 2 atom stereocenters. The zero-order chi connectivity index (χ0) is 17.3. The van der Waals surface area contributed by atoms with Crippen molar-refractivity contribution in [3.63, 3.8) is 0 Å². The SMILES string of the molecule is C1=CC2OC2C2=C1c1ccccc1C2.c1ccc(-c2ccccc2)cc1. The lowest BCUT2D eigenvalue weighted by molar-refractivity contribution is 0.407. The monoisotopic (exact) mass is 336 g/mol. The molecule has 1 heterocycles. The van der Waals surface area contributed by atoms with E-state index in [9.17, 15) is 0 Å². The number of ether oxygens (including phenoxy) is 1. The van der Waals surface area contributed by atoms with Gasteiger partial charge in [0.1, 0.15) is 12.2 Å². The molecular weight excluding hydrogens is 316 g/mol. The van der Waals surface area contributed by atoms with Crippen molar-refractivity contribution < 1.29 is 4.74 Å². The Balaban J connectivity index is 0.000000117. The van der Waals surface area contributed by atoms with Crippen molar-refractivity contribution in [2.45, 2.75) is 18.6 Å². The molecule has 0 radical (unpaired) electrons. The fourth-order valence-corrected chi connectivity index (χ4v) is 3.86. The van der Waals surface area contributed by atoms with Gasteiger partial charge in [-0.3, -0.25) is 0 Å². The molecule has 0 saturated carbocycles. The van der Waals surface area contributed by atoms with Crippen LogP contribution in [-0.2, 0) is 11.2 Å². The van der Waals surface area contributed by atoms with E-state index in [1.165, 1.54) is 33.4 Å². The molecule has 3 aromatic carbocycles. The van der Waals surface area contributed by atoms with Crippen molar-refractivity contribution in [1.82, 2.24) is 0 Å². The lowest BCUT2D eigenvalue weighted by Gasteiger charge is -2.03. The second kappa shape index (κ2) is 6.44. The Kier molecular flexibility index (Phi) is 3.80. The second-order valence-corrected chi connectivity index (χ2v) is 6.89. The largest absolute Gasteiger partial charge is 0.360 e. The molecule has 3 aliphatic rings. The predicted molar refractivity (Wildman–Crippen MR) is 107 cm³/mol. The second-order valence-electron chi connectivity index (χ2n) is 6.89. The van der Waals surface area contributed by atoms with Crippen LogP contribution in [0.4, 0.5) is 0 Å². The summed E-state index contributed by atoms with van der Waals surface area (Å²) in [6.07, 6.45) is 6.31. The van der Waals surface area contributed by atoms with Crippen LogP contribution < -0.4 is 0 Å². The molecule has 0 amide bonds. The van der Waals surface area contributed by atoms with Gasteiger partial charge in [0.25, 0.3) is 0 Å². The van der Waals surface area contributed by atoms with Crippen molar-refractivity contribution in [1.29, 1.82) is 0 Å². The van der Waals surface area contributed by atoms with Crippen LogP contribution in [0, 0.1) is 0 Å². The molecule has 1 saturated heterocycles. The van der Waals surface area contributed by atoms with E-state index in [1.807, 2.05) is 12.1 Å². The molecule has 1 heteroatoms. The van der Waals surface area contributed by atoms with Crippen molar-refractivity contribution in [3.05, 3.63) is 114 Å². The molecular formula is C25H20O. The van der Waals surface area contributed by atoms with Crippen molar-refractivity contribution >= 4 is 5.57 Å². The third-order valence-corrected chi connectivity index (χ3v) is 5.24. The van der Waals surface area contributed by atoms with Crippen LogP contribution >= 0.6 is 0 Å². The topological polar surface area (TPSA) is 12.5 Å². The molecule has 2 aliphatic carbocycles. The summed E-state index contributed by atoms with van der Waals surface area (Å²) in [5.74, 6) is 0. The highest BCUT2D eigenvalue weighted by Crippen LogP contribution is 2.45. The van der Waals surface area contributed by atoms with Gasteiger partial charge >= 0.3 is 0 Å². The van der Waals surface area contributed by atoms with E-state index in [-0.39, 0.29) is 0 Å². The molecule has 0 spiro atoms. The number of fused-ring (bicyclic) bond motifs is 4. The summed E-state index contributed by atoms with van der Waals surface area (Å²) in [7, 11) is 0. The lowest BCUT2D eigenvalue weighted by atomic mass is 9.98. The first kappa shape index (κ1) is 15.4. The van der Waals surface area contributed by atoms with E-state index < -0.39 is 0 Å². The first-order valence-corrected chi connectivity index (χ1v) is 9.15. The summed E-state index contributed by atoms with van der Waals surface area (Å²) in [4.78, 5) is 0. The van der Waals surface area contributed by atoms with E-state index in [0.717, 1.165) is 6.42 Å². The molecule has 6 rings (SSSR count). The fourth-order valence-electron chi connectivity index (χ4n) is 3.86. The third-order valence-electron chi connectivity index (χ3n) is 5.24. The summed E-state index contributed by atoms with van der Waals surface area (Å²) in [6.45, 7) is 0. The summed E-state index contributed by atoms with van der Waals surface area (Å²) in [5, 5.41) is 0. The molecule has 0 N–H and O–H groups in total. The minimum atomic E-state index is 0.392. The summed E-state index contributed by atoms with van der Waals surface area (Å²) < 4.78 is 5.58. The van der Waals surface area contributed by atoms with Crippen LogP contribution in [0.25, 0.3) is 16.7 Å². The maximum Gasteiger partial charge on any atom is 0.110 e. The van der Waals surface area contributed by atoms with Gasteiger partial charge in [0, 0.05) is 0 Å². The number of hydrogen-bond acceptors (Lipinski definition) is 1. The molecule has 2 unspecified atom stereocenters. The Morgan fingerprint density at radius 2 is 1.31 bits per heavy atom. The Bertz CT molecular complexity index is 945. The normalized spacial score (nSPS) is 21.2. The van der Waals surface area contributed by atoms with Crippen molar-refractivity contribution in [3.8, 4) is 11.1 Å². The van der Waals surface area contributed by atoms with Crippen LogP contribution in [-0.4, -0.2) is 12.2 Å². The highest BCUT2D eigenvalue weighted by atomic mass is 16.6. The number of allylic oxidation sites excluding steroid dienone is 2. The molecule has 0 bridgehead atoms. The van der Waals surface area contributed by atoms with Crippen LogP contribution in [0.3, 0.4) is 0 Å². The van der Waals surface area contributed by atoms with E-state index in [1.54, 1.807) is 0 Å². The molecule has 1 nitrogen and oxygen atoms in total. The van der Waals surface area contributed by atoms with Crippen LogP contribution in [0.2, 0.25) is 0 Å². The molecule has 26 heavy (non-hydrogen) atoms. The lowest BCUT2D eigenvalue weighted by Crippen LogP contribution is -2.01. The summed E-state index contributed by atoms with van der Waals surface area (Å²) in [5.41, 5.74) is 8.33. The molecule has 126 valence electrons. The van der Waals surface area contributed by atoms with Gasteiger partial charge in [-0.05, 0) is 39.8 Å². The Morgan fingerprint density at radius 3 is 2.00 bits per heavy atom. The summed E-state index contributed by atoms with van der Waals surface area (Å²) >= 11 is 0. The predicted octanol–water partition coefficient (Wildman–Crippen LogP) is 5.69. The zero-order valence-electron chi connectivity index (χ0n) is 14.5. The molecule has 1 aliphatic heterocycles. The van der Waals surface area contributed by atoms with Gasteiger partial charge in [0.2, 0.25) is 0 Å². The fraction of sp³-hybridized carbons (Fsp3) is 0.120. The molecule has 3 aromatic rings. The van der Waals surface area contributed by atoms with Gasteiger partial charge in [-0.1, -0.05) is 97.1 Å². The zero-order valence-corrected chi connectivity index (χ0v) is 14.5. The third kappa shape index (κ3) is 2.81. The van der Waals surface area contributed by atoms with Crippen LogP contribution in [0.15, 0.2) is 103 Å². The van der Waals surface area contributed by atoms with Gasteiger partial charge < -0.3 is 4.74 Å². The first-order chi connectivity index (χ1) is 12.9. The van der Waals surface area contributed by atoms with Gasteiger partial charge in [0.05, 0.1) is 0 Å². The van der Waals surface area contributed by atoms with Crippen LogP contribution in [0.1, 0.15) is 11.1 Å². The number of epoxide rings is 1. The quantitative estimate of drug-likeness (QED) is 0.520. The average Bonchev–Trinajstić information content (AvgIpc) is 3.43. The Labute approximate surface area is 154 Å². The summed E-state index contributed by atoms with van der Waals surface area (Å²) in [6, 6.07) is 29.4. The molecule has 0 aromatic heterocycles. The van der Waals surface area contributed by atoms with Gasteiger partial charge in [-0.25, -0.2) is 0 Å². The van der Waals surface area contributed by atoms with E-state index in [0.29, 0.717) is 12.2 Å². The Morgan fingerprint density at radius 1 is 0.692 bits per heavy atom. The van der Waals surface area contributed by atoms with E-state index in [2.05, 4.69) is 84.9 Å². The van der Waals surface area contributed by atoms with Crippen molar-refractivity contribution in [2.24, 2.45) is 0 Å². The minimum Gasteiger partial charge on any atom is -0.360 e. The van der Waals surface area contributed by atoms with Gasteiger partial charge in [-0.15, -0.1) is 0 Å². The van der Waals surface area contributed by atoms with E-state index >= 15 is 0 Å². The molecule has 1 fully saturated rings. The number of benzene rings is 3. The highest BCUT2D eigenvalue weighted by molar-refractivity contribution is 5.85. The Hall–Kier alpha value is -2.90. The smallest absolute Gasteiger partial charge is 0.110 e. The van der Waals surface area contributed by atoms with Gasteiger partial charge in [0.15, 0.2) is 0 Å². The number of rotatable bonds is 1.